The van der Waals surface area contributed by atoms with Crippen molar-refractivity contribution in [2.45, 2.75) is 20.0 Å². The van der Waals surface area contributed by atoms with Crippen LogP contribution in [0.3, 0.4) is 0 Å². The Morgan fingerprint density at radius 1 is 0.833 bits per heavy atom. The number of carbonyl (C=O) groups is 2. The van der Waals surface area contributed by atoms with E-state index in [1.165, 1.54) is 6.92 Å². The van der Waals surface area contributed by atoms with Crippen molar-refractivity contribution in [3.63, 3.8) is 0 Å². The minimum absolute atomic E-state index is 0.124. The van der Waals surface area contributed by atoms with Crippen LogP contribution in [-0.2, 0) is 17.9 Å². The number of carbonyl (C=O) groups excluding carboxylic acids is 2. The number of rotatable bonds is 6. The van der Waals surface area contributed by atoms with Gasteiger partial charge in [-0.2, -0.15) is 0 Å². The Balaban J connectivity index is 1.57. The predicted octanol–water partition coefficient (Wildman–Crippen LogP) is 4.58. The van der Waals surface area contributed by atoms with Crippen molar-refractivity contribution in [3.05, 3.63) is 102 Å². The summed E-state index contributed by atoms with van der Waals surface area (Å²) in [6.45, 7) is 2.47. The molecule has 4 aromatic rings. The summed E-state index contributed by atoms with van der Waals surface area (Å²) >= 11 is 0. The molecule has 5 nitrogen and oxygen atoms in total. The van der Waals surface area contributed by atoms with Gasteiger partial charge in [0.05, 0.1) is 0 Å². The maximum Gasteiger partial charge on any atom is 0.268 e. The van der Waals surface area contributed by atoms with Gasteiger partial charge in [-0.05, 0) is 35.4 Å². The normalized spacial score (nSPS) is 10.7. The molecule has 0 fully saturated rings. The van der Waals surface area contributed by atoms with E-state index in [1.54, 1.807) is 0 Å². The van der Waals surface area contributed by atoms with Gasteiger partial charge in [0.2, 0.25) is 5.91 Å². The SMILES string of the molecule is CC(=O)Nc1cccc(CNC(=O)c2cc3ccccc3n2Cc2ccccc2)c1. The van der Waals surface area contributed by atoms with Crippen LogP contribution in [0.25, 0.3) is 10.9 Å². The van der Waals surface area contributed by atoms with E-state index in [9.17, 15) is 9.59 Å². The molecule has 4 rings (SSSR count). The number of amides is 2. The molecule has 0 aliphatic carbocycles. The van der Waals surface area contributed by atoms with Crippen molar-refractivity contribution in [1.82, 2.24) is 9.88 Å². The molecule has 1 heterocycles. The van der Waals surface area contributed by atoms with Crippen LogP contribution in [-0.4, -0.2) is 16.4 Å². The summed E-state index contributed by atoms with van der Waals surface area (Å²) in [5.74, 6) is -0.256. The van der Waals surface area contributed by atoms with Crippen molar-refractivity contribution < 1.29 is 9.59 Å². The van der Waals surface area contributed by atoms with Crippen molar-refractivity contribution in [2.75, 3.05) is 5.32 Å². The standard InChI is InChI=1S/C25H23N3O2/c1-18(29)27-22-12-7-10-20(14-22)16-26-25(30)24-15-21-11-5-6-13-23(21)28(24)17-19-8-3-2-4-9-19/h2-15H,16-17H2,1H3,(H,26,30)(H,27,29). The second-order valence-corrected chi connectivity index (χ2v) is 7.22. The highest BCUT2D eigenvalue weighted by Crippen LogP contribution is 2.21. The van der Waals surface area contributed by atoms with Crippen LogP contribution in [0.1, 0.15) is 28.5 Å². The summed E-state index contributed by atoms with van der Waals surface area (Å²) < 4.78 is 2.05. The molecule has 0 spiro atoms. The molecular weight excluding hydrogens is 374 g/mol. The zero-order valence-electron chi connectivity index (χ0n) is 16.8. The van der Waals surface area contributed by atoms with E-state index in [-0.39, 0.29) is 11.8 Å². The van der Waals surface area contributed by atoms with Gasteiger partial charge in [-0.25, -0.2) is 0 Å². The highest BCUT2D eigenvalue weighted by molar-refractivity contribution is 5.98. The number of hydrogen-bond acceptors (Lipinski definition) is 2. The number of anilines is 1. The third kappa shape index (κ3) is 4.41. The number of aromatic nitrogens is 1. The summed E-state index contributed by atoms with van der Waals surface area (Å²) in [5, 5.41) is 6.81. The Hall–Kier alpha value is -3.86. The van der Waals surface area contributed by atoms with Crippen molar-refractivity contribution in [3.8, 4) is 0 Å². The molecule has 0 atom stereocenters. The number of hydrogen-bond donors (Lipinski definition) is 2. The molecule has 0 saturated carbocycles. The average molecular weight is 397 g/mol. The summed E-state index contributed by atoms with van der Waals surface area (Å²) in [7, 11) is 0. The van der Waals surface area contributed by atoms with Crippen LogP contribution < -0.4 is 10.6 Å². The number of fused-ring (bicyclic) bond motifs is 1. The highest BCUT2D eigenvalue weighted by atomic mass is 16.2. The average Bonchev–Trinajstić information content (AvgIpc) is 3.11. The molecule has 0 saturated heterocycles. The van der Waals surface area contributed by atoms with E-state index < -0.39 is 0 Å². The van der Waals surface area contributed by atoms with E-state index in [1.807, 2.05) is 77.4 Å². The first-order valence-corrected chi connectivity index (χ1v) is 9.87. The quantitative estimate of drug-likeness (QED) is 0.500. The molecule has 0 aliphatic rings. The summed E-state index contributed by atoms with van der Waals surface area (Å²) in [4.78, 5) is 24.3. The lowest BCUT2D eigenvalue weighted by Crippen LogP contribution is -2.25. The minimum Gasteiger partial charge on any atom is -0.347 e. The van der Waals surface area contributed by atoms with Crippen molar-refractivity contribution in [1.29, 1.82) is 0 Å². The fourth-order valence-corrected chi connectivity index (χ4v) is 3.57. The molecule has 1 aromatic heterocycles. The molecule has 0 bridgehead atoms. The van der Waals surface area contributed by atoms with E-state index in [2.05, 4.69) is 22.8 Å². The molecule has 2 amide bonds. The van der Waals surface area contributed by atoms with Gasteiger partial charge >= 0.3 is 0 Å². The lowest BCUT2D eigenvalue weighted by Gasteiger charge is -2.12. The molecule has 2 N–H and O–H groups in total. The van der Waals surface area contributed by atoms with Gasteiger partial charge in [-0.3, -0.25) is 9.59 Å². The summed E-state index contributed by atoms with van der Waals surface area (Å²) in [6, 6.07) is 27.5. The van der Waals surface area contributed by atoms with Crippen LogP contribution in [0.5, 0.6) is 0 Å². The van der Waals surface area contributed by atoms with Gasteiger partial charge in [0, 0.05) is 36.6 Å². The maximum atomic E-state index is 13.1. The van der Waals surface area contributed by atoms with Crippen LogP contribution >= 0.6 is 0 Å². The molecule has 0 aliphatic heterocycles. The Morgan fingerprint density at radius 3 is 2.37 bits per heavy atom. The van der Waals surface area contributed by atoms with Crippen LogP contribution in [0.15, 0.2) is 84.9 Å². The Bertz CT molecular complexity index is 1200. The zero-order chi connectivity index (χ0) is 20.9. The lowest BCUT2D eigenvalue weighted by molar-refractivity contribution is -0.114. The largest absolute Gasteiger partial charge is 0.347 e. The fraction of sp³-hybridized carbons (Fsp3) is 0.120. The zero-order valence-corrected chi connectivity index (χ0v) is 16.8. The Labute approximate surface area is 175 Å². The van der Waals surface area contributed by atoms with Gasteiger partial charge in [-0.1, -0.05) is 60.7 Å². The molecular formula is C25H23N3O2. The van der Waals surface area contributed by atoms with Crippen molar-refractivity contribution in [2.24, 2.45) is 0 Å². The fourth-order valence-electron chi connectivity index (χ4n) is 3.57. The first-order valence-electron chi connectivity index (χ1n) is 9.87. The maximum absolute atomic E-state index is 13.1. The summed E-state index contributed by atoms with van der Waals surface area (Å²) in [5.41, 5.74) is 4.42. The Morgan fingerprint density at radius 2 is 1.57 bits per heavy atom. The second-order valence-electron chi connectivity index (χ2n) is 7.22. The topological polar surface area (TPSA) is 63.1 Å². The number of nitrogens with zero attached hydrogens (tertiary/aromatic N) is 1. The van der Waals surface area contributed by atoms with E-state index >= 15 is 0 Å². The molecule has 0 unspecified atom stereocenters. The molecule has 0 radical (unpaired) electrons. The third-order valence-electron chi connectivity index (χ3n) is 4.93. The molecule has 5 heteroatoms. The summed E-state index contributed by atoms with van der Waals surface area (Å²) in [6.07, 6.45) is 0. The molecule has 30 heavy (non-hydrogen) atoms. The molecule has 150 valence electrons. The smallest absolute Gasteiger partial charge is 0.268 e. The number of benzene rings is 3. The first kappa shape index (κ1) is 19.5. The minimum atomic E-state index is -0.132. The number of para-hydroxylation sites is 1. The van der Waals surface area contributed by atoms with Crippen LogP contribution in [0.2, 0.25) is 0 Å². The van der Waals surface area contributed by atoms with Gasteiger partial charge in [0.1, 0.15) is 5.69 Å². The van der Waals surface area contributed by atoms with Crippen molar-refractivity contribution >= 4 is 28.4 Å². The highest BCUT2D eigenvalue weighted by Gasteiger charge is 2.15. The predicted molar refractivity (Wildman–Crippen MR) is 119 cm³/mol. The van der Waals surface area contributed by atoms with Crippen LogP contribution in [0.4, 0.5) is 5.69 Å². The Kier molecular flexibility index (Phi) is 5.61. The second kappa shape index (κ2) is 8.66. The van der Waals surface area contributed by atoms with E-state index in [0.717, 1.165) is 22.0 Å². The van der Waals surface area contributed by atoms with Crippen LogP contribution in [0, 0.1) is 0 Å². The van der Waals surface area contributed by atoms with Gasteiger partial charge < -0.3 is 15.2 Å². The van der Waals surface area contributed by atoms with E-state index in [4.69, 9.17) is 0 Å². The first-order chi connectivity index (χ1) is 14.6. The number of nitrogens with one attached hydrogen (secondary N) is 2. The monoisotopic (exact) mass is 397 g/mol. The van der Waals surface area contributed by atoms with Gasteiger partial charge in [0.15, 0.2) is 0 Å². The third-order valence-corrected chi connectivity index (χ3v) is 4.93. The van der Waals surface area contributed by atoms with E-state index in [0.29, 0.717) is 24.5 Å². The lowest BCUT2D eigenvalue weighted by atomic mass is 10.2. The molecule has 3 aromatic carbocycles. The van der Waals surface area contributed by atoms with Gasteiger partial charge in [0.25, 0.3) is 5.91 Å². The van der Waals surface area contributed by atoms with Gasteiger partial charge in [-0.15, -0.1) is 0 Å².